The van der Waals surface area contributed by atoms with Gasteiger partial charge in [0.25, 0.3) is 5.91 Å². The molecule has 7 heteroatoms. The molecule has 0 saturated carbocycles. The smallest absolute Gasteiger partial charge is 0.264 e. The van der Waals surface area contributed by atoms with E-state index in [4.69, 9.17) is 9.47 Å². The number of methoxy groups -OCH3 is 2. The molecule has 0 atom stereocenters. The number of benzene rings is 2. The number of amidine groups is 1. The molecule has 1 amide bonds. The first-order chi connectivity index (χ1) is 12.9. The van der Waals surface area contributed by atoms with Gasteiger partial charge in [-0.05, 0) is 95.2 Å². The van der Waals surface area contributed by atoms with E-state index in [2.05, 4.69) is 39.0 Å². The topological polar surface area (TPSA) is 59.9 Å². The standard InChI is InChI=1S/C20H19IN2O3S/c1-11-5-12(2)7-14(6-11)22-20-23-19(24)17(27-20)10-13-8-15(21)18(26-4)16(9-13)25-3/h5-10H,1-4H3,(H,22,23,24)/b17-10-. The van der Waals surface area contributed by atoms with E-state index in [1.165, 1.54) is 11.8 Å². The number of aliphatic imine (C=N–C) groups is 1. The minimum absolute atomic E-state index is 0.159. The number of nitrogens with zero attached hydrogens (tertiary/aromatic N) is 1. The molecule has 2 aromatic rings. The van der Waals surface area contributed by atoms with Gasteiger partial charge in [-0.15, -0.1) is 0 Å². The lowest BCUT2D eigenvalue weighted by atomic mass is 10.1. The second-order valence-corrected chi connectivity index (χ2v) is 8.26. The van der Waals surface area contributed by atoms with Gasteiger partial charge in [0.05, 0.1) is 28.4 Å². The number of amides is 1. The number of hydrogen-bond acceptors (Lipinski definition) is 5. The number of rotatable bonds is 4. The van der Waals surface area contributed by atoms with Crippen molar-refractivity contribution in [2.45, 2.75) is 13.8 Å². The molecule has 0 radical (unpaired) electrons. The number of aryl methyl sites for hydroxylation is 2. The second-order valence-electron chi connectivity index (χ2n) is 6.07. The van der Waals surface area contributed by atoms with Crippen LogP contribution in [0.3, 0.4) is 0 Å². The fraction of sp³-hybridized carbons (Fsp3) is 0.200. The predicted octanol–water partition coefficient (Wildman–Crippen LogP) is 4.82. The highest BCUT2D eigenvalue weighted by Gasteiger charge is 2.24. The Morgan fingerprint density at radius 1 is 1.07 bits per heavy atom. The van der Waals surface area contributed by atoms with E-state index < -0.39 is 0 Å². The highest BCUT2D eigenvalue weighted by Crippen LogP contribution is 2.35. The minimum Gasteiger partial charge on any atom is -0.493 e. The summed E-state index contributed by atoms with van der Waals surface area (Å²) in [5.74, 6) is 1.15. The Balaban J connectivity index is 1.89. The maximum absolute atomic E-state index is 12.3. The Kier molecular flexibility index (Phi) is 6.11. The second kappa shape index (κ2) is 8.35. The highest BCUT2D eigenvalue weighted by atomic mass is 127. The van der Waals surface area contributed by atoms with Gasteiger partial charge in [-0.25, -0.2) is 4.99 Å². The summed E-state index contributed by atoms with van der Waals surface area (Å²) in [6.07, 6.45) is 1.83. The summed E-state index contributed by atoms with van der Waals surface area (Å²) < 4.78 is 11.7. The molecule has 0 bridgehead atoms. The van der Waals surface area contributed by atoms with E-state index in [0.29, 0.717) is 21.6 Å². The average Bonchev–Trinajstić information content (AvgIpc) is 2.92. The van der Waals surface area contributed by atoms with Crippen molar-refractivity contribution < 1.29 is 14.3 Å². The van der Waals surface area contributed by atoms with Gasteiger partial charge in [-0.1, -0.05) is 6.07 Å². The van der Waals surface area contributed by atoms with Gasteiger partial charge in [0.2, 0.25) is 0 Å². The molecule has 1 N–H and O–H groups in total. The minimum atomic E-state index is -0.159. The fourth-order valence-electron chi connectivity index (χ4n) is 2.79. The van der Waals surface area contributed by atoms with Crippen LogP contribution in [0.4, 0.5) is 5.69 Å². The number of halogens is 1. The third-order valence-corrected chi connectivity index (χ3v) is 5.55. The quantitative estimate of drug-likeness (QED) is 0.490. The SMILES string of the molecule is COc1cc(/C=C2\SC(=Nc3cc(C)cc(C)c3)NC2=O)cc(I)c1OC. The van der Waals surface area contributed by atoms with E-state index >= 15 is 0 Å². The molecule has 1 saturated heterocycles. The molecular formula is C20H19IN2O3S. The van der Waals surface area contributed by atoms with Crippen LogP contribution in [0.2, 0.25) is 0 Å². The van der Waals surface area contributed by atoms with Crippen LogP contribution in [0.5, 0.6) is 11.5 Å². The van der Waals surface area contributed by atoms with Crippen LogP contribution in [0.1, 0.15) is 16.7 Å². The maximum Gasteiger partial charge on any atom is 0.264 e. The predicted molar refractivity (Wildman–Crippen MR) is 119 cm³/mol. The zero-order valence-electron chi connectivity index (χ0n) is 15.4. The molecule has 2 aromatic carbocycles. The molecule has 1 aliphatic heterocycles. The van der Waals surface area contributed by atoms with Crippen LogP contribution in [-0.4, -0.2) is 25.3 Å². The van der Waals surface area contributed by atoms with Crippen LogP contribution in [0.15, 0.2) is 40.2 Å². The Morgan fingerprint density at radius 2 is 1.78 bits per heavy atom. The summed E-state index contributed by atoms with van der Waals surface area (Å²) in [5, 5.41) is 3.40. The number of nitrogens with one attached hydrogen (secondary N) is 1. The van der Waals surface area contributed by atoms with Crippen LogP contribution in [0, 0.1) is 17.4 Å². The van der Waals surface area contributed by atoms with Gasteiger partial charge in [0.15, 0.2) is 16.7 Å². The van der Waals surface area contributed by atoms with Gasteiger partial charge in [-0.2, -0.15) is 0 Å². The molecule has 0 aromatic heterocycles. The van der Waals surface area contributed by atoms with Crippen molar-refractivity contribution in [3.8, 4) is 11.5 Å². The monoisotopic (exact) mass is 494 g/mol. The van der Waals surface area contributed by atoms with Gasteiger partial charge in [-0.3, -0.25) is 4.79 Å². The number of ether oxygens (including phenoxy) is 2. The van der Waals surface area contributed by atoms with Crippen LogP contribution < -0.4 is 14.8 Å². The van der Waals surface area contributed by atoms with Gasteiger partial charge >= 0.3 is 0 Å². The van der Waals surface area contributed by atoms with Crippen LogP contribution in [0.25, 0.3) is 6.08 Å². The zero-order valence-corrected chi connectivity index (χ0v) is 18.4. The molecule has 1 fully saturated rings. The number of carbonyl (C=O) groups is 1. The number of thioether (sulfide) groups is 1. The molecule has 5 nitrogen and oxygen atoms in total. The van der Waals surface area contributed by atoms with Crippen LogP contribution in [-0.2, 0) is 4.79 Å². The molecule has 0 spiro atoms. The first kappa shape index (κ1) is 19.8. The molecule has 0 unspecified atom stereocenters. The summed E-state index contributed by atoms with van der Waals surface area (Å²) in [4.78, 5) is 17.5. The average molecular weight is 494 g/mol. The third-order valence-electron chi connectivity index (χ3n) is 3.84. The third kappa shape index (κ3) is 4.65. The molecular weight excluding hydrogens is 475 g/mol. The lowest BCUT2D eigenvalue weighted by Crippen LogP contribution is -2.19. The summed E-state index contributed by atoms with van der Waals surface area (Å²) in [6.45, 7) is 4.06. The van der Waals surface area contributed by atoms with E-state index in [0.717, 1.165) is 25.9 Å². The normalized spacial score (nSPS) is 16.7. The maximum atomic E-state index is 12.3. The molecule has 27 heavy (non-hydrogen) atoms. The molecule has 3 rings (SSSR count). The van der Waals surface area contributed by atoms with E-state index in [9.17, 15) is 4.79 Å². The largest absolute Gasteiger partial charge is 0.493 e. The van der Waals surface area contributed by atoms with Crippen molar-refractivity contribution in [3.05, 3.63) is 55.5 Å². The van der Waals surface area contributed by atoms with Crippen molar-refractivity contribution in [2.75, 3.05) is 14.2 Å². The molecule has 140 valence electrons. The Bertz CT molecular complexity index is 950. The first-order valence-corrected chi connectivity index (χ1v) is 10.1. The highest BCUT2D eigenvalue weighted by molar-refractivity contribution is 14.1. The first-order valence-electron chi connectivity index (χ1n) is 8.19. The van der Waals surface area contributed by atoms with Crippen molar-refractivity contribution in [3.63, 3.8) is 0 Å². The van der Waals surface area contributed by atoms with Gasteiger partial charge < -0.3 is 14.8 Å². The number of hydrogen-bond donors (Lipinski definition) is 1. The molecule has 1 aliphatic rings. The molecule has 1 heterocycles. The van der Waals surface area contributed by atoms with Crippen LogP contribution >= 0.6 is 34.4 Å². The lowest BCUT2D eigenvalue weighted by molar-refractivity contribution is -0.115. The lowest BCUT2D eigenvalue weighted by Gasteiger charge is -2.10. The van der Waals surface area contributed by atoms with Gasteiger partial charge in [0.1, 0.15) is 0 Å². The van der Waals surface area contributed by atoms with Crippen molar-refractivity contribution in [1.82, 2.24) is 5.32 Å². The van der Waals surface area contributed by atoms with E-state index in [1.54, 1.807) is 14.2 Å². The van der Waals surface area contributed by atoms with E-state index in [1.807, 2.05) is 44.2 Å². The Hall–Kier alpha value is -2.00. The van der Waals surface area contributed by atoms with Crippen molar-refractivity contribution >= 4 is 57.2 Å². The summed E-state index contributed by atoms with van der Waals surface area (Å²) in [6, 6.07) is 9.87. The summed E-state index contributed by atoms with van der Waals surface area (Å²) in [7, 11) is 3.20. The van der Waals surface area contributed by atoms with Crippen molar-refractivity contribution in [1.29, 1.82) is 0 Å². The van der Waals surface area contributed by atoms with Gasteiger partial charge in [0, 0.05) is 0 Å². The van der Waals surface area contributed by atoms with Crippen molar-refractivity contribution in [2.24, 2.45) is 4.99 Å². The van der Waals surface area contributed by atoms with E-state index in [-0.39, 0.29) is 5.91 Å². The number of carbonyl (C=O) groups excluding carboxylic acids is 1. The zero-order chi connectivity index (χ0) is 19.6. The summed E-state index contributed by atoms with van der Waals surface area (Å²) in [5.41, 5.74) is 3.97. The Morgan fingerprint density at radius 3 is 2.41 bits per heavy atom. The Labute approximate surface area is 176 Å². The fourth-order valence-corrected chi connectivity index (χ4v) is 4.47. The summed E-state index contributed by atoms with van der Waals surface area (Å²) >= 11 is 3.51. The molecule has 0 aliphatic carbocycles.